The second-order valence-corrected chi connectivity index (χ2v) is 6.94. The average molecular weight is 311 g/mol. The molecule has 0 aliphatic carbocycles. The molecular formula is C15H22NO4P. The number of hydrogen-bond donors (Lipinski definition) is 0. The zero-order chi connectivity index (χ0) is 15.3. The highest BCUT2D eigenvalue weighted by atomic mass is 31.2. The molecule has 1 aliphatic heterocycles. The van der Waals surface area contributed by atoms with Gasteiger partial charge in [-0.1, -0.05) is 18.2 Å². The molecule has 0 radical (unpaired) electrons. The molecule has 21 heavy (non-hydrogen) atoms. The highest BCUT2D eigenvalue weighted by molar-refractivity contribution is 7.54. The summed E-state index contributed by atoms with van der Waals surface area (Å²) in [5.74, 6) is -0.201. The summed E-state index contributed by atoms with van der Waals surface area (Å²) in [6.45, 7) is 4.66. The van der Waals surface area contributed by atoms with Gasteiger partial charge in [0.1, 0.15) is 6.16 Å². The van der Waals surface area contributed by atoms with Crippen molar-refractivity contribution < 1.29 is 18.4 Å². The number of fused-ring (bicyclic) bond motifs is 1. The van der Waals surface area contributed by atoms with Crippen LogP contribution < -0.4 is 4.90 Å². The first kappa shape index (κ1) is 16.2. The quantitative estimate of drug-likeness (QED) is 0.757. The lowest BCUT2D eigenvalue weighted by atomic mass is 10.0. The number of carbonyl (C=O) groups excluding carboxylic acids is 1. The Balaban J connectivity index is 2.15. The van der Waals surface area contributed by atoms with E-state index in [2.05, 4.69) is 0 Å². The van der Waals surface area contributed by atoms with Crippen molar-refractivity contribution in [3.63, 3.8) is 0 Å². The standard InChI is InChI=1S/C15H22NO4P/c1-3-19-21(18,20-4-2)12-15(17)16-11-7-9-13-8-5-6-10-14(13)16/h5-6,8,10H,3-4,7,9,11-12H2,1-2H3. The maximum atomic E-state index is 12.5. The number of anilines is 1. The lowest BCUT2D eigenvalue weighted by Crippen LogP contribution is -2.37. The van der Waals surface area contributed by atoms with Crippen LogP contribution in [0.3, 0.4) is 0 Å². The van der Waals surface area contributed by atoms with E-state index in [0.29, 0.717) is 6.54 Å². The summed E-state index contributed by atoms with van der Waals surface area (Å²) in [4.78, 5) is 14.2. The van der Waals surface area contributed by atoms with Crippen LogP contribution in [0.4, 0.5) is 5.69 Å². The van der Waals surface area contributed by atoms with E-state index in [1.54, 1.807) is 18.7 Å². The molecule has 0 bridgehead atoms. The van der Waals surface area contributed by atoms with Crippen molar-refractivity contribution in [2.24, 2.45) is 0 Å². The van der Waals surface area contributed by atoms with Gasteiger partial charge in [-0.25, -0.2) is 0 Å². The Kier molecular flexibility index (Phi) is 5.57. The fourth-order valence-corrected chi connectivity index (χ4v) is 4.11. The average Bonchev–Trinajstić information content (AvgIpc) is 2.46. The third kappa shape index (κ3) is 3.94. The van der Waals surface area contributed by atoms with E-state index in [1.807, 2.05) is 24.3 Å². The van der Waals surface area contributed by atoms with Gasteiger partial charge in [-0.15, -0.1) is 0 Å². The Morgan fingerprint density at radius 3 is 2.57 bits per heavy atom. The first-order valence-electron chi connectivity index (χ1n) is 7.36. The summed E-state index contributed by atoms with van der Waals surface area (Å²) in [7, 11) is -3.35. The number of nitrogens with zero attached hydrogens (tertiary/aromatic N) is 1. The van der Waals surface area contributed by atoms with Crippen LogP contribution in [0.1, 0.15) is 25.8 Å². The molecule has 0 saturated heterocycles. The molecule has 5 nitrogen and oxygen atoms in total. The normalized spacial score (nSPS) is 14.9. The Morgan fingerprint density at radius 2 is 1.90 bits per heavy atom. The van der Waals surface area contributed by atoms with Gasteiger partial charge in [0, 0.05) is 12.2 Å². The summed E-state index contributed by atoms with van der Waals surface area (Å²) in [6.07, 6.45) is 1.67. The third-order valence-corrected chi connectivity index (χ3v) is 5.35. The molecule has 1 aliphatic rings. The largest absolute Gasteiger partial charge is 0.340 e. The van der Waals surface area contributed by atoms with Crippen LogP contribution in [0.15, 0.2) is 24.3 Å². The van der Waals surface area contributed by atoms with Gasteiger partial charge >= 0.3 is 7.60 Å². The molecule has 1 aromatic rings. The zero-order valence-electron chi connectivity index (χ0n) is 12.6. The summed E-state index contributed by atoms with van der Waals surface area (Å²) in [5.41, 5.74) is 2.06. The van der Waals surface area contributed by atoms with Crippen molar-refractivity contribution >= 4 is 19.2 Å². The maximum absolute atomic E-state index is 12.5. The minimum absolute atomic E-state index is 0.201. The molecule has 0 spiro atoms. The molecule has 116 valence electrons. The molecule has 0 unspecified atom stereocenters. The number of benzene rings is 1. The van der Waals surface area contributed by atoms with E-state index in [-0.39, 0.29) is 25.3 Å². The second-order valence-electron chi connectivity index (χ2n) is 4.88. The third-order valence-electron chi connectivity index (χ3n) is 3.39. The van der Waals surface area contributed by atoms with Crippen LogP contribution >= 0.6 is 7.60 Å². The lowest BCUT2D eigenvalue weighted by molar-refractivity contribution is -0.116. The minimum Gasteiger partial charge on any atom is -0.312 e. The van der Waals surface area contributed by atoms with Gasteiger partial charge in [-0.05, 0) is 38.3 Å². The van der Waals surface area contributed by atoms with Crippen LogP contribution in [0, 0.1) is 0 Å². The Hall–Kier alpha value is -1.16. The molecule has 1 aromatic carbocycles. The van der Waals surface area contributed by atoms with E-state index in [1.165, 1.54) is 0 Å². The predicted molar refractivity (Wildman–Crippen MR) is 82.8 cm³/mol. The van der Waals surface area contributed by atoms with Gasteiger partial charge in [0.25, 0.3) is 0 Å². The Bertz CT molecular complexity index is 536. The van der Waals surface area contributed by atoms with Crippen LogP contribution in [0.25, 0.3) is 0 Å². The van der Waals surface area contributed by atoms with Gasteiger partial charge in [-0.2, -0.15) is 0 Å². The highest BCUT2D eigenvalue weighted by Crippen LogP contribution is 2.48. The molecular weight excluding hydrogens is 289 g/mol. The number of amides is 1. The van der Waals surface area contributed by atoms with Crippen molar-refractivity contribution in [1.29, 1.82) is 0 Å². The molecule has 1 amide bonds. The number of para-hydroxylation sites is 1. The smallest absolute Gasteiger partial charge is 0.312 e. The molecule has 0 atom stereocenters. The highest BCUT2D eigenvalue weighted by Gasteiger charge is 2.32. The van der Waals surface area contributed by atoms with Crippen molar-refractivity contribution in [3.8, 4) is 0 Å². The molecule has 0 saturated carbocycles. The van der Waals surface area contributed by atoms with E-state index in [0.717, 1.165) is 24.1 Å². The van der Waals surface area contributed by atoms with Gasteiger partial charge in [0.05, 0.1) is 13.2 Å². The van der Waals surface area contributed by atoms with Crippen LogP contribution in [0.5, 0.6) is 0 Å². The number of carbonyl (C=O) groups is 1. The van der Waals surface area contributed by atoms with Crippen molar-refractivity contribution in [2.75, 3.05) is 30.8 Å². The van der Waals surface area contributed by atoms with Crippen molar-refractivity contribution in [3.05, 3.63) is 29.8 Å². The predicted octanol–water partition coefficient (Wildman–Crippen LogP) is 3.23. The van der Waals surface area contributed by atoms with E-state index in [9.17, 15) is 9.36 Å². The van der Waals surface area contributed by atoms with Crippen LogP contribution in [-0.4, -0.2) is 31.8 Å². The fraction of sp³-hybridized carbons (Fsp3) is 0.533. The first-order valence-corrected chi connectivity index (χ1v) is 9.09. The number of rotatable bonds is 6. The first-order chi connectivity index (χ1) is 10.1. The summed E-state index contributed by atoms with van der Waals surface area (Å²) < 4.78 is 22.9. The Morgan fingerprint density at radius 1 is 1.24 bits per heavy atom. The van der Waals surface area contributed by atoms with Crippen LogP contribution in [0.2, 0.25) is 0 Å². The van der Waals surface area contributed by atoms with Gasteiger partial charge < -0.3 is 13.9 Å². The van der Waals surface area contributed by atoms with Gasteiger partial charge in [0.15, 0.2) is 0 Å². The fourth-order valence-electron chi connectivity index (χ4n) is 2.57. The van der Waals surface area contributed by atoms with E-state index >= 15 is 0 Å². The van der Waals surface area contributed by atoms with Crippen molar-refractivity contribution in [1.82, 2.24) is 0 Å². The topological polar surface area (TPSA) is 55.8 Å². The molecule has 0 aromatic heterocycles. The van der Waals surface area contributed by atoms with Gasteiger partial charge in [0.2, 0.25) is 5.91 Å². The maximum Gasteiger partial charge on any atom is 0.340 e. The summed E-state index contributed by atoms with van der Waals surface area (Å²) >= 11 is 0. The van der Waals surface area contributed by atoms with Gasteiger partial charge in [-0.3, -0.25) is 9.36 Å². The monoisotopic (exact) mass is 311 g/mol. The second kappa shape index (κ2) is 7.21. The molecule has 0 fully saturated rings. The zero-order valence-corrected chi connectivity index (χ0v) is 13.5. The molecule has 6 heteroatoms. The summed E-state index contributed by atoms with van der Waals surface area (Å²) in [5, 5.41) is 0. The SMILES string of the molecule is CCOP(=O)(CC(=O)N1CCCc2ccccc21)OCC. The number of hydrogen-bond acceptors (Lipinski definition) is 4. The van der Waals surface area contributed by atoms with E-state index in [4.69, 9.17) is 9.05 Å². The van der Waals surface area contributed by atoms with E-state index < -0.39 is 7.60 Å². The molecule has 2 rings (SSSR count). The lowest BCUT2D eigenvalue weighted by Gasteiger charge is -2.30. The number of aryl methyl sites for hydroxylation is 1. The molecule has 0 N–H and O–H groups in total. The molecule has 1 heterocycles. The van der Waals surface area contributed by atoms with Crippen LogP contribution in [-0.2, 0) is 24.8 Å². The Labute approximate surface area is 125 Å². The summed E-state index contributed by atoms with van der Waals surface area (Å²) in [6, 6.07) is 7.84. The minimum atomic E-state index is -3.35. The van der Waals surface area contributed by atoms with Crippen molar-refractivity contribution in [2.45, 2.75) is 26.7 Å².